The van der Waals surface area contributed by atoms with Crippen LogP contribution in [-0.4, -0.2) is 26.9 Å². The Labute approximate surface area is 110 Å². The maximum Gasteiger partial charge on any atom is 0.267 e. The van der Waals surface area contributed by atoms with Crippen LogP contribution in [0.2, 0.25) is 5.15 Å². The Morgan fingerprint density at radius 2 is 2.11 bits per heavy atom. The fourth-order valence-corrected chi connectivity index (χ4v) is 1.55. The Kier molecular flexibility index (Phi) is 3.66. The molecule has 6 nitrogen and oxygen atoms in total. The van der Waals surface area contributed by atoms with Gasteiger partial charge in [-0.1, -0.05) is 11.6 Å². The van der Waals surface area contributed by atoms with E-state index in [1.165, 1.54) is 13.4 Å². The summed E-state index contributed by atoms with van der Waals surface area (Å²) < 4.78 is 12.4. The van der Waals surface area contributed by atoms with E-state index in [1.54, 1.807) is 17.1 Å². The van der Waals surface area contributed by atoms with Gasteiger partial charge in [0.05, 0.1) is 19.5 Å². The summed E-state index contributed by atoms with van der Waals surface area (Å²) in [6.07, 6.45) is 4.70. The third-order valence-corrected chi connectivity index (χ3v) is 2.52. The highest BCUT2D eigenvalue weighted by Crippen LogP contribution is 2.33. The van der Waals surface area contributed by atoms with E-state index in [1.807, 2.05) is 13.8 Å². The molecule has 0 fully saturated rings. The molecule has 2 heterocycles. The second kappa shape index (κ2) is 5.22. The van der Waals surface area contributed by atoms with Crippen molar-refractivity contribution < 1.29 is 9.47 Å². The van der Waals surface area contributed by atoms with Gasteiger partial charge in [-0.2, -0.15) is 10.1 Å². The lowest BCUT2D eigenvalue weighted by molar-refractivity contribution is 0.367. The Bertz CT molecular complexity index is 542. The highest BCUT2D eigenvalue weighted by Gasteiger charge is 2.13. The second-order valence-corrected chi connectivity index (χ2v) is 4.21. The molecule has 0 unspecified atom stereocenters. The first-order valence-electron chi connectivity index (χ1n) is 5.38. The van der Waals surface area contributed by atoms with Crippen LogP contribution in [0, 0.1) is 0 Å². The molecule has 0 aliphatic heterocycles. The first-order valence-corrected chi connectivity index (χ1v) is 5.76. The molecule has 0 amide bonds. The van der Waals surface area contributed by atoms with Crippen molar-refractivity contribution in [1.82, 2.24) is 19.7 Å². The molecule has 2 rings (SSSR count). The number of ether oxygens (including phenoxy) is 2. The van der Waals surface area contributed by atoms with Gasteiger partial charge in [0.15, 0.2) is 10.9 Å². The van der Waals surface area contributed by atoms with E-state index in [2.05, 4.69) is 15.1 Å². The molecule has 0 N–H and O–H groups in total. The number of halogens is 1. The Hall–Kier alpha value is -1.82. The maximum atomic E-state index is 5.87. The Morgan fingerprint density at radius 3 is 2.72 bits per heavy atom. The van der Waals surface area contributed by atoms with E-state index in [0.29, 0.717) is 11.5 Å². The summed E-state index contributed by atoms with van der Waals surface area (Å²) in [5.74, 6) is 1.13. The van der Waals surface area contributed by atoms with E-state index in [-0.39, 0.29) is 17.1 Å². The molecule has 0 bridgehead atoms. The van der Waals surface area contributed by atoms with Crippen molar-refractivity contribution >= 4 is 11.6 Å². The predicted octanol–water partition coefficient (Wildman–Crippen LogP) is 2.71. The SMILES string of the molecule is COc1c(Cl)ncnc1Oc1cnn(C(C)C)c1. The number of nitrogens with zero attached hydrogens (tertiary/aromatic N) is 4. The van der Waals surface area contributed by atoms with Crippen molar-refractivity contribution in [3.63, 3.8) is 0 Å². The van der Waals surface area contributed by atoms with Gasteiger partial charge in [-0.3, -0.25) is 4.68 Å². The smallest absolute Gasteiger partial charge is 0.267 e. The topological polar surface area (TPSA) is 62.1 Å². The third-order valence-electron chi connectivity index (χ3n) is 2.25. The zero-order chi connectivity index (χ0) is 13.1. The van der Waals surface area contributed by atoms with Crippen molar-refractivity contribution in [2.45, 2.75) is 19.9 Å². The molecular formula is C11H13ClN4O2. The quantitative estimate of drug-likeness (QED) is 0.798. The van der Waals surface area contributed by atoms with Crippen LogP contribution in [-0.2, 0) is 0 Å². The molecule has 0 atom stereocenters. The van der Waals surface area contributed by atoms with Gasteiger partial charge in [0.25, 0.3) is 5.88 Å². The van der Waals surface area contributed by atoms with E-state index < -0.39 is 0 Å². The number of methoxy groups -OCH3 is 1. The van der Waals surface area contributed by atoms with Crippen molar-refractivity contribution in [3.05, 3.63) is 23.9 Å². The van der Waals surface area contributed by atoms with E-state index in [4.69, 9.17) is 21.1 Å². The molecule has 96 valence electrons. The standard InChI is InChI=1S/C11H13ClN4O2/c1-7(2)16-5-8(4-15-16)18-11-9(17-3)10(12)13-6-14-11/h4-7H,1-3H3. The van der Waals surface area contributed by atoms with Gasteiger partial charge in [0, 0.05) is 6.04 Å². The minimum atomic E-state index is 0.207. The van der Waals surface area contributed by atoms with Crippen LogP contribution < -0.4 is 9.47 Å². The lowest BCUT2D eigenvalue weighted by Crippen LogP contribution is -1.99. The Morgan fingerprint density at radius 1 is 1.33 bits per heavy atom. The highest BCUT2D eigenvalue weighted by atomic mass is 35.5. The van der Waals surface area contributed by atoms with Crippen LogP contribution >= 0.6 is 11.6 Å². The lowest BCUT2D eigenvalue weighted by atomic mass is 10.4. The monoisotopic (exact) mass is 268 g/mol. The van der Waals surface area contributed by atoms with Crippen LogP contribution in [0.3, 0.4) is 0 Å². The zero-order valence-corrected chi connectivity index (χ0v) is 11.0. The van der Waals surface area contributed by atoms with Crippen molar-refractivity contribution in [2.75, 3.05) is 7.11 Å². The van der Waals surface area contributed by atoms with E-state index >= 15 is 0 Å². The minimum Gasteiger partial charge on any atom is -0.489 e. The first-order chi connectivity index (χ1) is 8.61. The molecule has 0 aliphatic rings. The van der Waals surface area contributed by atoms with Crippen LogP contribution in [0.15, 0.2) is 18.7 Å². The number of aromatic nitrogens is 4. The summed E-state index contributed by atoms with van der Waals surface area (Å²) in [5, 5.41) is 4.37. The summed E-state index contributed by atoms with van der Waals surface area (Å²) in [4.78, 5) is 7.79. The Balaban J connectivity index is 2.25. The fourth-order valence-electron chi connectivity index (χ4n) is 1.35. The molecule has 0 saturated carbocycles. The summed E-state index contributed by atoms with van der Waals surface area (Å²) in [6.45, 7) is 4.05. The maximum absolute atomic E-state index is 5.87. The van der Waals surface area contributed by atoms with Gasteiger partial charge in [-0.05, 0) is 13.8 Å². The molecular weight excluding hydrogens is 256 g/mol. The van der Waals surface area contributed by atoms with E-state index in [9.17, 15) is 0 Å². The third kappa shape index (κ3) is 2.53. The first kappa shape index (κ1) is 12.6. The average molecular weight is 269 g/mol. The van der Waals surface area contributed by atoms with Crippen LogP contribution in [0.25, 0.3) is 0 Å². The van der Waals surface area contributed by atoms with Crippen LogP contribution in [0.1, 0.15) is 19.9 Å². The second-order valence-electron chi connectivity index (χ2n) is 3.85. The number of hydrogen-bond acceptors (Lipinski definition) is 5. The van der Waals surface area contributed by atoms with Crippen LogP contribution in [0.4, 0.5) is 0 Å². The molecule has 2 aromatic rings. The van der Waals surface area contributed by atoms with Crippen molar-refractivity contribution in [1.29, 1.82) is 0 Å². The van der Waals surface area contributed by atoms with Gasteiger partial charge in [-0.15, -0.1) is 0 Å². The van der Waals surface area contributed by atoms with Gasteiger partial charge >= 0.3 is 0 Å². The van der Waals surface area contributed by atoms with Crippen molar-refractivity contribution in [2.24, 2.45) is 0 Å². The number of rotatable bonds is 4. The molecule has 0 spiro atoms. The summed E-state index contributed by atoms with van der Waals surface area (Å²) in [7, 11) is 1.48. The van der Waals surface area contributed by atoms with Crippen LogP contribution in [0.5, 0.6) is 17.4 Å². The van der Waals surface area contributed by atoms with Gasteiger partial charge in [0.2, 0.25) is 5.75 Å². The summed E-state index contributed by atoms with van der Waals surface area (Å²) in [6, 6.07) is 0.262. The molecule has 0 aliphatic carbocycles. The van der Waals surface area contributed by atoms with Crippen molar-refractivity contribution in [3.8, 4) is 17.4 Å². The fraction of sp³-hybridized carbons (Fsp3) is 0.364. The van der Waals surface area contributed by atoms with Gasteiger partial charge in [0.1, 0.15) is 6.33 Å². The molecule has 2 aromatic heterocycles. The zero-order valence-electron chi connectivity index (χ0n) is 10.3. The summed E-state index contributed by atoms with van der Waals surface area (Å²) in [5.41, 5.74) is 0. The van der Waals surface area contributed by atoms with Gasteiger partial charge < -0.3 is 9.47 Å². The summed E-state index contributed by atoms with van der Waals surface area (Å²) >= 11 is 5.87. The molecule has 18 heavy (non-hydrogen) atoms. The largest absolute Gasteiger partial charge is 0.489 e. The molecule has 0 saturated heterocycles. The van der Waals surface area contributed by atoms with E-state index in [0.717, 1.165) is 0 Å². The normalized spacial score (nSPS) is 10.7. The predicted molar refractivity (Wildman–Crippen MR) is 66.3 cm³/mol. The lowest BCUT2D eigenvalue weighted by Gasteiger charge is -2.07. The average Bonchev–Trinajstić information content (AvgIpc) is 2.78. The van der Waals surface area contributed by atoms with Gasteiger partial charge in [-0.25, -0.2) is 4.98 Å². The molecule has 0 radical (unpaired) electrons. The number of hydrogen-bond donors (Lipinski definition) is 0. The minimum absolute atomic E-state index is 0.207. The molecule has 0 aromatic carbocycles. The molecule has 7 heteroatoms. The highest BCUT2D eigenvalue weighted by molar-refractivity contribution is 6.31.